The first-order chi connectivity index (χ1) is 5.75. The second-order valence-electron chi connectivity index (χ2n) is 2.53. The van der Waals surface area contributed by atoms with Crippen LogP contribution in [0.4, 0.5) is 8.78 Å². The first kappa shape index (κ1) is 8.91. The molecule has 0 atom stereocenters. The van der Waals surface area contributed by atoms with E-state index in [1.54, 1.807) is 6.08 Å². The Hall–Kier alpha value is -1.18. The number of benzene rings is 1. The molecule has 0 amide bonds. The average molecular weight is 168 g/mol. The second-order valence-corrected chi connectivity index (χ2v) is 2.53. The molecule has 0 nitrogen and oxygen atoms in total. The zero-order valence-electron chi connectivity index (χ0n) is 6.69. The molecule has 0 spiro atoms. The van der Waals surface area contributed by atoms with Gasteiger partial charge in [0.25, 0.3) is 0 Å². The number of hydrogen-bond acceptors (Lipinski definition) is 0. The molecule has 64 valence electrons. The van der Waals surface area contributed by atoms with Crippen molar-refractivity contribution in [3.8, 4) is 0 Å². The van der Waals surface area contributed by atoms with Gasteiger partial charge in [0.1, 0.15) is 11.6 Å². The van der Waals surface area contributed by atoms with E-state index in [0.29, 0.717) is 12.8 Å². The Morgan fingerprint density at radius 2 is 1.83 bits per heavy atom. The highest BCUT2D eigenvalue weighted by Crippen LogP contribution is 2.13. The highest BCUT2D eigenvalue weighted by Gasteiger charge is 2.05. The molecule has 2 heteroatoms. The summed E-state index contributed by atoms with van der Waals surface area (Å²) in [5.41, 5.74) is 0.150. The van der Waals surface area contributed by atoms with Crippen molar-refractivity contribution in [1.29, 1.82) is 0 Å². The van der Waals surface area contributed by atoms with Crippen LogP contribution in [0.2, 0.25) is 0 Å². The molecular weight excluding hydrogens is 158 g/mol. The Kier molecular flexibility index (Phi) is 2.97. The van der Waals surface area contributed by atoms with Crippen LogP contribution in [0, 0.1) is 11.6 Å². The molecule has 0 aliphatic carbocycles. The van der Waals surface area contributed by atoms with Crippen molar-refractivity contribution >= 4 is 0 Å². The van der Waals surface area contributed by atoms with Crippen LogP contribution in [0.1, 0.15) is 12.0 Å². The summed E-state index contributed by atoms with van der Waals surface area (Å²) in [5.74, 6) is -0.950. The van der Waals surface area contributed by atoms with E-state index in [0.717, 1.165) is 0 Å². The minimum absolute atomic E-state index is 0.150. The van der Waals surface area contributed by atoms with Crippen LogP contribution in [0.15, 0.2) is 30.9 Å². The molecule has 1 aromatic carbocycles. The molecule has 0 bridgehead atoms. The number of hydrogen-bond donors (Lipinski definition) is 0. The van der Waals surface area contributed by atoms with E-state index in [1.165, 1.54) is 18.2 Å². The molecule has 1 rings (SSSR count). The van der Waals surface area contributed by atoms with Crippen molar-refractivity contribution in [1.82, 2.24) is 0 Å². The molecule has 0 saturated heterocycles. The molecule has 12 heavy (non-hydrogen) atoms. The standard InChI is InChI=1S/C10H10F2/c1-2-3-5-8-9(11)6-4-7-10(8)12/h2,4,6-7H,1,3,5H2. The van der Waals surface area contributed by atoms with Crippen molar-refractivity contribution in [2.24, 2.45) is 0 Å². The lowest BCUT2D eigenvalue weighted by molar-refractivity contribution is 0.555. The quantitative estimate of drug-likeness (QED) is 0.608. The van der Waals surface area contributed by atoms with E-state index in [2.05, 4.69) is 6.58 Å². The summed E-state index contributed by atoms with van der Waals surface area (Å²) in [4.78, 5) is 0. The molecule has 0 aromatic heterocycles. The highest BCUT2D eigenvalue weighted by molar-refractivity contribution is 5.19. The van der Waals surface area contributed by atoms with Crippen LogP contribution in [0.25, 0.3) is 0 Å². The molecule has 0 saturated carbocycles. The fourth-order valence-corrected chi connectivity index (χ4v) is 1.02. The van der Waals surface area contributed by atoms with E-state index in [4.69, 9.17) is 0 Å². The summed E-state index contributed by atoms with van der Waals surface area (Å²) in [6.45, 7) is 3.49. The Morgan fingerprint density at radius 3 is 2.33 bits per heavy atom. The van der Waals surface area contributed by atoms with Crippen molar-refractivity contribution in [2.45, 2.75) is 12.8 Å². The minimum atomic E-state index is -0.475. The maximum atomic E-state index is 12.9. The van der Waals surface area contributed by atoms with Gasteiger partial charge in [0.15, 0.2) is 0 Å². The predicted octanol–water partition coefficient (Wildman–Crippen LogP) is 3.08. The van der Waals surface area contributed by atoms with Gasteiger partial charge in [-0.1, -0.05) is 12.1 Å². The summed E-state index contributed by atoms with van der Waals surface area (Å²) in [6, 6.07) is 3.89. The van der Waals surface area contributed by atoms with Crippen molar-refractivity contribution in [2.75, 3.05) is 0 Å². The van der Waals surface area contributed by atoms with E-state index in [1.807, 2.05) is 0 Å². The van der Waals surface area contributed by atoms with E-state index < -0.39 is 11.6 Å². The van der Waals surface area contributed by atoms with E-state index >= 15 is 0 Å². The number of allylic oxidation sites excluding steroid dienone is 1. The SMILES string of the molecule is C=CCCc1c(F)cccc1F. The maximum Gasteiger partial charge on any atom is 0.129 e. The van der Waals surface area contributed by atoms with Crippen molar-refractivity contribution < 1.29 is 8.78 Å². The zero-order valence-corrected chi connectivity index (χ0v) is 6.69. The van der Waals surface area contributed by atoms with Crippen LogP contribution < -0.4 is 0 Å². The molecular formula is C10H10F2. The normalized spacial score (nSPS) is 9.83. The lowest BCUT2D eigenvalue weighted by Crippen LogP contribution is -1.94. The van der Waals surface area contributed by atoms with Crippen LogP contribution >= 0.6 is 0 Å². The largest absolute Gasteiger partial charge is 0.207 e. The first-order valence-electron chi connectivity index (χ1n) is 3.79. The minimum Gasteiger partial charge on any atom is -0.207 e. The first-order valence-corrected chi connectivity index (χ1v) is 3.79. The van der Waals surface area contributed by atoms with Gasteiger partial charge in [-0.15, -0.1) is 6.58 Å². The molecule has 0 aliphatic heterocycles. The number of halogens is 2. The van der Waals surface area contributed by atoms with Gasteiger partial charge >= 0.3 is 0 Å². The van der Waals surface area contributed by atoms with Crippen LogP contribution in [0.3, 0.4) is 0 Å². The molecule has 0 aliphatic rings. The third-order valence-electron chi connectivity index (χ3n) is 1.66. The van der Waals surface area contributed by atoms with Gasteiger partial charge in [0, 0.05) is 5.56 Å². The predicted molar refractivity (Wildman–Crippen MR) is 44.9 cm³/mol. The lowest BCUT2D eigenvalue weighted by atomic mass is 10.1. The Labute approximate surface area is 70.5 Å². The fourth-order valence-electron chi connectivity index (χ4n) is 1.02. The molecule has 0 unspecified atom stereocenters. The summed E-state index contributed by atoms with van der Waals surface area (Å²) >= 11 is 0. The fraction of sp³-hybridized carbons (Fsp3) is 0.200. The zero-order chi connectivity index (χ0) is 8.97. The Bertz CT molecular complexity index is 259. The van der Waals surface area contributed by atoms with Gasteiger partial charge in [0.2, 0.25) is 0 Å². The Morgan fingerprint density at radius 1 is 1.25 bits per heavy atom. The van der Waals surface area contributed by atoms with Gasteiger partial charge in [0.05, 0.1) is 0 Å². The Balaban J connectivity index is 2.88. The summed E-state index contributed by atoms with van der Waals surface area (Å²) in [6.07, 6.45) is 2.62. The second kappa shape index (κ2) is 4.00. The average Bonchev–Trinajstić information content (AvgIpc) is 2.04. The molecule has 0 heterocycles. The topological polar surface area (TPSA) is 0 Å². The lowest BCUT2D eigenvalue weighted by Gasteiger charge is -2.01. The van der Waals surface area contributed by atoms with Gasteiger partial charge in [-0.3, -0.25) is 0 Å². The molecule has 0 fully saturated rings. The third kappa shape index (κ3) is 1.91. The van der Waals surface area contributed by atoms with Crippen LogP contribution in [0.5, 0.6) is 0 Å². The van der Waals surface area contributed by atoms with Gasteiger partial charge < -0.3 is 0 Å². The molecule has 1 aromatic rings. The van der Waals surface area contributed by atoms with Gasteiger partial charge in [-0.25, -0.2) is 8.78 Å². The third-order valence-corrected chi connectivity index (χ3v) is 1.66. The van der Waals surface area contributed by atoms with Gasteiger partial charge in [-0.2, -0.15) is 0 Å². The van der Waals surface area contributed by atoms with E-state index in [9.17, 15) is 8.78 Å². The molecule has 0 radical (unpaired) electrons. The van der Waals surface area contributed by atoms with Gasteiger partial charge in [-0.05, 0) is 25.0 Å². The maximum absolute atomic E-state index is 12.9. The van der Waals surface area contributed by atoms with E-state index in [-0.39, 0.29) is 5.56 Å². The summed E-state index contributed by atoms with van der Waals surface area (Å²) in [7, 11) is 0. The van der Waals surface area contributed by atoms with Crippen LogP contribution in [-0.4, -0.2) is 0 Å². The monoisotopic (exact) mass is 168 g/mol. The smallest absolute Gasteiger partial charge is 0.129 e. The molecule has 0 N–H and O–H groups in total. The van der Waals surface area contributed by atoms with Crippen molar-refractivity contribution in [3.63, 3.8) is 0 Å². The highest BCUT2D eigenvalue weighted by atomic mass is 19.1. The van der Waals surface area contributed by atoms with Crippen molar-refractivity contribution in [3.05, 3.63) is 48.1 Å². The number of rotatable bonds is 3. The summed E-state index contributed by atoms with van der Waals surface area (Å²) < 4.78 is 25.8. The van der Waals surface area contributed by atoms with Crippen LogP contribution in [-0.2, 0) is 6.42 Å². The summed E-state index contributed by atoms with van der Waals surface area (Å²) in [5, 5.41) is 0.